The first kappa shape index (κ1) is 25.7. The zero-order valence-corrected chi connectivity index (χ0v) is 22.5. The van der Waals surface area contributed by atoms with Gasteiger partial charge in [0.15, 0.2) is 5.82 Å². The lowest BCUT2D eigenvalue weighted by molar-refractivity contribution is 0.0964. The number of sulfone groups is 1. The number of halogens is 2. The predicted octanol–water partition coefficient (Wildman–Crippen LogP) is 3.31. The van der Waals surface area contributed by atoms with Gasteiger partial charge < -0.3 is 9.73 Å². The van der Waals surface area contributed by atoms with Crippen molar-refractivity contribution in [1.82, 2.24) is 10.3 Å². The molecule has 0 aliphatic carbocycles. The maximum absolute atomic E-state index is 12.7. The van der Waals surface area contributed by atoms with Crippen LogP contribution >= 0.6 is 34.2 Å². The number of anilines is 1. The van der Waals surface area contributed by atoms with Gasteiger partial charge in [-0.2, -0.15) is 4.98 Å². The van der Waals surface area contributed by atoms with Gasteiger partial charge in [0.1, 0.15) is 15.6 Å². The number of aromatic nitrogens is 1. The van der Waals surface area contributed by atoms with Crippen molar-refractivity contribution in [1.29, 1.82) is 0 Å². The highest BCUT2D eigenvalue weighted by Crippen LogP contribution is 2.36. The summed E-state index contributed by atoms with van der Waals surface area (Å²) in [6, 6.07) is 8.35. The molecule has 0 spiro atoms. The van der Waals surface area contributed by atoms with Crippen LogP contribution in [-0.4, -0.2) is 59.6 Å². The second-order valence-electron chi connectivity index (χ2n) is 7.36. The quantitative estimate of drug-likeness (QED) is 0.381. The smallest absolute Gasteiger partial charge is 0.255 e. The number of carbonyl (C=O) groups is 1. The molecule has 1 amide bonds. The van der Waals surface area contributed by atoms with E-state index in [2.05, 4.69) is 10.3 Å². The third-order valence-corrected chi connectivity index (χ3v) is 7.92. The average Bonchev–Trinajstić information content (AvgIpc) is 3.07. The van der Waals surface area contributed by atoms with Gasteiger partial charge in [-0.1, -0.05) is 11.6 Å². The Kier molecular flexibility index (Phi) is 7.61. The number of amides is 1. The van der Waals surface area contributed by atoms with Crippen molar-refractivity contribution in [3.8, 4) is 11.3 Å². The number of nitrogens with one attached hydrogen (secondary N) is 1. The van der Waals surface area contributed by atoms with E-state index in [1.807, 2.05) is 22.6 Å². The van der Waals surface area contributed by atoms with Crippen molar-refractivity contribution in [2.45, 2.75) is 6.42 Å². The van der Waals surface area contributed by atoms with E-state index < -0.39 is 25.8 Å². The zero-order valence-electron chi connectivity index (χ0n) is 17.9. The normalized spacial score (nSPS) is 12.2. The summed E-state index contributed by atoms with van der Waals surface area (Å²) in [5.74, 6) is -0.194. The van der Waals surface area contributed by atoms with Gasteiger partial charge in [-0.25, -0.2) is 16.8 Å². The third kappa shape index (κ3) is 5.97. The summed E-state index contributed by atoms with van der Waals surface area (Å²) in [5, 5.41) is 3.52. The number of hydrogen-bond donors (Lipinski definition) is 1. The first-order valence-electron chi connectivity index (χ1n) is 9.58. The summed E-state index contributed by atoms with van der Waals surface area (Å²) in [6.45, 7) is -0.0759. The molecule has 0 aliphatic heterocycles. The predicted molar refractivity (Wildman–Crippen MR) is 137 cm³/mol. The fourth-order valence-electron chi connectivity index (χ4n) is 3.22. The molecule has 33 heavy (non-hydrogen) atoms. The summed E-state index contributed by atoms with van der Waals surface area (Å²) in [5.41, 5.74) is 0.932. The molecule has 0 unspecified atom stereocenters. The van der Waals surface area contributed by atoms with Crippen LogP contribution in [0.2, 0.25) is 5.02 Å². The molecule has 2 aromatic heterocycles. The van der Waals surface area contributed by atoms with E-state index >= 15 is 0 Å². The van der Waals surface area contributed by atoms with E-state index in [0.29, 0.717) is 19.5 Å². The molecule has 2 heterocycles. The molecule has 0 fully saturated rings. The lowest BCUT2D eigenvalue weighted by atomic mass is 10.1. The fraction of sp³-hybridized carbons (Fsp3) is 0.300. The summed E-state index contributed by atoms with van der Waals surface area (Å²) in [6.07, 6.45) is 2.21. The highest BCUT2D eigenvalue weighted by Gasteiger charge is 2.27. The van der Waals surface area contributed by atoms with Gasteiger partial charge in [0.05, 0.1) is 26.5 Å². The summed E-state index contributed by atoms with van der Waals surface area (Å²) >= 11 is 7.91. The topological polar surface area (TPSA) is 127 Å². The van der Waals surface area contributed by atoms with Crippen molar-refractivity contribution in [3.63, 3.8) is 0 Å². The molecule has 9 nitrogen and oxygen atoms in total. The zero-order chi connectivity index (χ0) is 24.6. The molecule has 0 saturated carbocycles. The van der Waals surface area contributed by atoms with E-state index in [-0.39, 0.29) is 41.6 Å². The van der Waals surface area contributed by atoms with Gasteiger partial charge >= 0.3 is 0 Å². The number of nitrogens with zero attached hydrogens (tertiary/aromatic N) is 2. The monoisotopic (exact) mass is 625 g/mol. The molecule has 178 valence electrons. The van der Waals surface area contributed by atoms with Crippen LogP contribution in [0.3, 0.4) is 0 Å². The molecule has 3 rings (SSSR count). The number of furan rings is 1. The number of benzene rings is 1. The number of pyridine rings is 1. The van der Waals surface area contributed by atoms with E-state index in [0.717, 1.165) is 16.8 Å². The van der Waals surface area contributed by atoms with Crippen LogP contribution in [0.4, 0.5) is 5.82 Å². The Morgan fingerprint density at radius 2 is 1.82 bits per heavy atom. The van der Waals surface area contributed by atoms with Crippen molar-refractivity contribution in [3.05, 3.63) is 44.5 Å². The first-order valence-corrected chi connectivity index (χ1v) is 14.9. The Hall–Kier alpha value is -1.90. The summed E-state index contributed by atoms with van der Waals surface area (Å²) in [4.78, 5) is 17.1. The molecule has 0 bridgehead atoms. The maximum Gasteiger partial charge on any atom is 0.255 e. The van der Waals surface area contributed by atoms with Crippen molar-refractivity contribution >= 4 is 76.9 Å². The van der Waals surface area contributed by atoms with E-state index in [9.17, 15) is 21.6 Å². The first-order chi connectivity index (χ1) is 15.3. The lowest BCUT2D eigenvalue weighted by Crippen LogP contribution is -2.33. The number of carbonyl (C=O) groups excluding carboxylic acids is 1. The second kappa shape index (κ2) is 9.76. The van der Waals surface area contributed by atoms with Crippen molar-refractivity contribution < 1.29 is 26.0 Å². The highest BCUT2D eigenvalue weighted by molar-refractivity contribution is 14.1. The maximum atomic E-state index is 12.7. The minimum atomic E-state index is -3.77. The van der Waals surface area contributed by atoms with Gasteiger partial charge in [-0.15, -0.1) is 0 Å². The number of rotatable bonds is 8. The van der Waals surface area contributed by atoms with E-state index in [4.69, 9.17) is 16.0 Å². The molecule has 13 heteroatoms. The van der Waals surface area contributed by atoms with Crippen LogP contribution in [0.15, 0.2) is 34.7 Å². The van der Waals surface area contributed by atoms with Crippen LogP contribution in [0.5, 0.6) is 0 Å². The minimum absolute atomic E-state index is 0.0747. The Bertz CT molecular complexity index is 1420. The molecule has 0 radical (unpaired) electrons. The Balaban J connectivity index is 2.17. The second-order valence-corrected chi connectivity index (χ2v) is 13.1. The van der Waals surface area contributed by atoms with E-state index in [1.54, 1.807) is 30.3 Å². The molecular weight excluding hydrogens is 605 g/mol. The molecule has 3 aromatic rings. The molecule has 0 saturated heterocycles. The van der Waals surface area contributed by atoms with E-state index in [1.165, 1.54) is 7.05 Å². The van der Waals surface area contributed by atoms with Gasteiger partial charge in [0, 0.05) is 30.4 Å². The largest absolute Gasteiger partial charge is 0.437 e. The van der Waals surface area contributed by atoms with Crippen LogP contribution in [0, 0.1) is 3.57 Å². The van der Waals surface area contributed by atoms with Gasteiger partial charge in [0.2, 0.25) is 15.7 Å². The lowest BCUT2D eigenvalue weighted by Gasteiger charge is -2.22. The van der Waals surface area contributed by atoms with Gasteiger partial charge in [-0.3, -0.25) is 9.10 Å². The molecule has 0 atom stereocenters. The van der Waals surface area contributed by atoms with Crippen LogP contribution in [-0.2, 0) is 19.9 Å². The third-order valence-electron chi connectivity index (χ3n) is 4.69. The summed E-state index contributed by atoms with van der Waals surface area (Å²) < 4.78 is 55.4. The van der Waals surface area contributed by atoms with Crippen molar-refractivity contribution in [2.75, 3.05) is 36.2 Å². The SMILES string of the molecule is CNC(=O)c1c(-c2ccc(Cl)cc2)oc2nc(N(CCCS(C)(=O)=O)S(C)(=O)=O)c(I)cc12. The van der Waals surface area contributed by atoms with Gasteiger partial charge in [0.25, 0.3) is 5.91 Å². The number of sulfonamides is 1. The van der Waals surface area contributed by atoms with Crippen LogP contribution < -0.4 is 9.62 Å². The highest BCUT2D eigenvalue weighted by atomic mass is 127. The Morgan fingerprint density at radius 1 is 1.18 bits per heavy atom. The standard InChI is InChI=1S/C20H21ClIN3O6S2/c1-23-19(26)16-14-11-15(22)18(25(33(3,29)30)9-4-10-32(2,27)28)24-20(14)31-17(16)12-5-7-13(21)8-6-12/h5-8,11H,4,9-10H2,1-3H3,(H,23,26). The minimum Gasteiger partial charge on any atom is -0.437 e. The number of fused-ring (bicyclic) bond motifs is 1. The average molecular weight is 626 g/mol. The fourth-order valence-corrected chi connectivity index (χ4v) is 5.80. The number of hydrogen-bond acceptors (Lipinski definition) is 7. The van der Waals surface area contributed by atoms with Gasteiger partial charge in [-0.05, 0) is 59.3 Å². The van der Waals surface area contributed by atoms with Crippen LogP contribution in [0.25, 0.3) is 22.4 Å². The molecular formula is C20H21ClIN3O6S2. The van der Waals surface area contributed by atoms with Crippen LogP contribution in [0.1, 0.15) is 16.8 Å². The molecule has 1 aromatic carbocycles. The molecule has 0 aliphatic rings. The summed E-state index contributed by atoms with van der Waals surface area (Å²) in [7, 11) is -5.54. The van der Waals surface area contributed by atoms with Crippen molar-refractivity contribution in [2.24, 2.45) is 0 Å². The Labute approximate surface area is 210 Å². The Morgan fingerprint density at radius 3 is 2.36 bits per heavy atom. The molecule has 1 N–H and O–H groups in total.